The fourth-order valence-corrected chi connectivity index (χ4v) is 11.3. The highest BCUT2D eigenvalue weighted by Crippen LogP contribution is 2.19. The molecule has 0 saturated carbocycles. The van der Waals surface area contributed by atoms with Gasteiger partial charge in [0.15, 0.2) is 12.4 Å². The number of nitrogens with zero attached hydrogens (tertiary/aromatic N) is 1. The molecule has 0 amide bonds. The topological polar surface area (TPSA) is 111 Å². The van der Waals surface area contributed by atoms with E-state index in [0.717, 1.165) is 83.5 Å². The third kappa shape index (κ3) is 75.5. The molecule has 0 N–H and O–H groups in total. The number of carboxylic acid groups (broad SMARTS) is 1. The quantitative estimate of drug-likeness (QED) is 0.0195. The number of allylic oxidation sites excluding steroid dienone is 16. The number of ether oxygens (including phenoxy) is 4. The summed E-state index contributed by atoms with van der Waals surface area (Å²) in [6.45, 7) is 4.68. The SMILES string of the molecule is CC/C=C\C/C=C\C/C=C\C/C=C\C/C=C\C/C=C\C/C=C\CCCCCCCCCCCCCCCCCC(=O)OC(COC(=O)CCCCCCCCCCCCCCCCCCCCC/C=C\CCCCCCCCCC)COC(OCC[N+](C)(C)C)C(=O)[O-]. The van der Waals surface area contributed by atoms with Gasteiger partial charge in [0.25, 0.3) is 0 Å². The molecule has 0 aromatic heterocycles. The van der Waals surface area contributed by atoms with Crippen molar-refractivity contribution < 1.29 is 42.9 Å². The molecule has 93 heavy (non-hydrogen) atoms. The molecule has 0 aromatic rings. The van der Waals surface area contributed by atoms with Gasteiger partial charge in [-0.25, -0.2) is 0 Å². The number of rotatable bonds is 73. The highest BCUT2D eigenvalue weighted by molar-refractivity contribution is 5.70. The van der Waals surface area contributed by atoms with Crippen LogP contribution >= 0.6 is 0 Å². The van der Waals surface area contributed by atoms with Crippen molar-refractivity contribution in [1.82, 2.24) is 0 Å². The van der Waals surface area contributed by atoms with Crippen molar-refractivity contribution in [2.24, 2.45) is 0 Å². The van der Waals surface area contributed by atoms with E-state index in [1.807, 2.05) is 21.1 Å². The monoisotopic (exact) mass is 1300 g/mol. The van der Waals surface area contributed by atoms with E-state index in [1.165, 1.54) is 244 Å². The van der Waals surface area contributed by atoms with Gasteiger partial charge in [0.05, 0.1) is 40.3 Å². The number of unbranched alkanes of at least 4 members (excludes halogenated alkanes) is 42. The average molecular weight is 1300 g/mol. The lowest BCUT2D eigenvalue weighted by molar-refractivity contribution is -0.870. The third-order valence-electron chi connectivity index (χ3n) is 17.3. The minimum absolute atomic E-state index is 0.147. The number of hydrogen-bond acceptors (Lipinski definition) is 8. The van der Waals surface area contributed by atoms with Crippen LogP contribution in [0.1, 0.15) is 361 Å². The Morgan fingerprint density at radius 2 is 0.613 bits per heavy atom. The van der Waals surface area contributed by atoms with E-state index in [4.69, 9.17) is 18.9 Å². The summed E-state index contributed by atoms with van der Waals surface area (Å²) < 4.78 is 22.9. The van der Waals surface area contributed by atoms with Crippen LogP contribution in [0.15, 0.2) is 97.2 Å². The first-order chi connectivity index (χ1) is 45.6. The summed E-state index contributed by atoms with van der Waals surface area (Å²) in [5.41, 5.74) is 0. The minimum atomic E-state index is -1.62. The Labute approximate surface area is 575 Å². The Hall–Kier alpha value is -3.79. The summed E-state index contributed by atoms with van der Waals surface area (Å²) >= 11 is 0. The molecule has 0 radical (unpaired) electrons. The van der Waals surface area contributed by atoms with Crippen molar-refractivity contribution in [3.8, 4) is 0 Å². The molecule has 2 unspecified atom stereocenters. The van der Waals surface area contributed by atoms with E-state index in [9.17, 15) is 19.5 Å². The van der Waals surface area contributed by atoms with E-state index >= 15 is 0 Å². The van der Waals surface area contributed by atoms with Gasteiger partial charge in [0.1, 0.15) is 13.2 Å². The molecule has 0 aliphatic rings. The standard InChI is InChI=1S/C84H149NO8/c1-6-8-10-12-14-16-18-20-22-24-26-28-30-32-34-36-38-39-40-41-42-43-45-47-49-51-53-55-57-59-61-63-65-67-69-71-73-75-82(87)93-80(79-92-84(83(88)89)90-77-76-85(3,4)5)78-91-81(86)74-72-70-68-66-64-62-60-58-56-54-52-50-48-46-44-37-35-33-31-29-27-25-23-21-19-17-15-13-11-9-7-2/h8,10,14,16,20,22,25-28,32,34,38-39,41-42,80,84H,6-7,9,11-13,15,17-19,21,23-24,29-31,33,35-37,40,43-79H2,1-5H3/b10-8-,16-14-,22-20-,27-25-,28-26-,34-32-,39-38-,42-41-. The number of aliphatic carboxylic acids is 1. The highest BCUT2D eigenvalue weighted by atomic mass is 16.7. The Bertz CT molecular complexity index is 1850. The van der Waals surface area contributed by atoms with E-state index < -0.39 is 24.3 Å². The van der Waals surface area contributed by atoms with E-state index in [0.29, 0.717) is 23.9 Å². The molecule has 0 bridgehead atoms. The molecule has 0 rings (SSSR count). The number of carbonyl (C=O) groups excluding carboxylic acids is 3. The maximum atomic E-state index is 13.0. The van der Waals surface area contributed by atoms with E-state index in [1.54, 1.807) is 0 Å². The average Bonchev–Trinajstić information content (AvgIpc) is 3.73. The second-order valence-electron chi connectivity index (χ2n) is 27.6. The minimum Gasteiger partial charge on any atom is -0.545 e. The normalized spacial score (nSPS) is 13.2. The predicted octanol–water partition coefficient (Wildman–Crippen LogP) is 23.8. The molecule has 0 aliphatic heterocycles. The molecule has 0 fully saturated rings. The number of likely N-dealkylation sites (N-methyl/N-ethyl adjacent to an activating group) is 1. The Morgan fingerprint density at radius 3 is 0.925 bits per heavy atom. The lowest BCUT2D eigenvalue weighted by Gasteiger charge is -2.26. The van der Waals surface area contributed by atoms with Gasteiger partial charge in [-0.2, -0.15) is 0 Å². The molecule has 0 spiro atoms. The molecule has 0 aromatic carbocycles. The Balaban J connectivity index is 4.03. The zero-order chi connectivity index (χ0) is 67.5. The fourth-order valence-electron chi connectivity index (χ4n) is 11.3. The first kappa shape index (κ1) is 89.2. The van der Waals surface area contributed by atoms with Crippen LogP contribution in [0.2, 0.25) is 0 Å². The lowest BCUT2D eigenvalue weighted by atomic mass is 10.0. The van der Waals surface area contributed by atoms with E-state index in [2.05, 4.69) is 111 Å². The van der Waals surface area contributed by atoms with Crippen LogP contribution in [-0.2, 0) is 33.3 Å². The third-order valence-corrected chi connectivity index (χ3v) is 17.3. The smallest absolute Gasteiger partial charge is 0.306 e. The van der Waals surface area contributed by atoms with Gasteiger partial charge in [-0.05, 0) is 96.3 Å². The first-order valence-electron chi connectivity index (χ1n) is 39.4. The van der Waals surface area contributed by atoms with Crippen molar-refractivity contribution in [3.05, 3.63) is 97.2 Å². The summed E-state index contributed by atoms with van der Waals surface area (Å²) in [7, 11) is 5.94. The maximum absolute atomic E-state index is 13.0. The molecule has 2 atom stereocenters. The van der Waals surface area contributed by atoms with E-state index in [-0.39, 0.29) is 32.2 Å². The van der Waals surface area contributed by atoms with Crippen LogP contribution in [-0.4, -0.2) is 82.3 Å². The zero-order valence-electron chi connectivity index (χ0n) is 61.6. The van der Waals surface area contributed by atoms with Crippen molar-refractivity contribution in [2.45, 2.75) is 373 Å². The second-order valence-corrected chi connectivity index (χ2v) is 27.6. The van der Waals surface area contributed by atoms with Gasteiger partial charge in [-0.3, -0.25) is 9.59 Å². The van der Waals surface area contributed by atoms with Crippen molar-refractivity contribution in [2.75, 3.05) is 47.5 Å². The summed E-state index contributed by atoms with van der Waals surface area (Å²) in [5.74, 6) is -2.26. The maximum Gasteiger partial charge on any atom is 0.306 e. The largest absolute Gasteiger partial charge is 0.545 e. The molecule has 9 heteroatoms. The number of carboxylic acids is 1. The van der Waals surface area contributed by atoms with Gasteiger partial charge in [-0.15, -0.1) is 0 Å². The fraction of sp³-hybridized carbons (Fsp3) is 0.774. The number of carbonyl (C=O) groups is 3. The zero-order valence-corrected chi connectivity index (χ0v) is 61.6. The number of esters is 2. The second kappa shape index (κ2) is 74.0. The number of hydrogen-bond donors (Lipinski definition) is 0. The van der Waals surface area contributed by atoms with Crippen LogP contribution < -0.4 is 5.11 Å². The summed E-state index contributed by atoms with van der Waals surface area (Å²) in [6.07, 6.45) is 99.5. The van der Waals surface area contributed by atoms with Gasteiger partial charge < -0.3 is 33.3 Å². The lowest BCUT2D eigenvalue weighted by Crippen LogP contribution is -2.44. The van der Waals surface area contributed by atoms with Crippen LogP contribution in [0.25, 0.3) is 0 Å². The molecule has 538 valence electrons. The summed E-state index contributed by atoms with van der Waals surface area (Å²) in [6, 6.07) is 0. The number of quaternary nitrogens is 1. The summed E-state index contributed by atoms with van der Waals surface area (Å²) in [5, 5.41) is 11.9. The van der Waals surface area contributed by atoms with Crippen molar-refractivity contribution in [1.29, 1.82) is 0 Å². The molecule has 0 aliphatic carbocycles. The Kier molecular flexibility index (Phi) is 71.0. The molecule has 0 heterocycles. The van der Waals surface area contributed by atoms with Crippen molar-refractivity contribution >= 4 is 17.9 Å². The highest BCUT2D eigenvalue weighted by Gasteiger charge is 2.22. The predicted molar refractivity (Wildman–Crippen MR) is 398 cm³/mol. The van der Waals surface area contributed by atoms with Crippen LogP contribution in [0.3, 0.4) is 0 Å². The van der Waals surface area contributed by atoms with Gasteiger partial charge >= 0.3 is 11.9 Å². The van der Waals surface area contributed by atoms with Gasteiger partial charge in [0.2, 0.25) is 0 Å². The molecular weight excluding hydrogens is 1150 g/mol. The summed E-state index contributed by atoms with van der Waals surface area (Å²) in [4.78, 5) is 37.6. The van der Waals surface area contributed by atoms with Crippen LogP contribution in [0, 0.1) is 0 Å². The van der Waals surface area contributed by atoms with Crippen molar-refractivity contribution in [3.63, 3.8) is 0 Å². The molecule has 0 saturated heterocycles. The molecular formula is C84H149NO8. The first-order valence-corrected chi connectivity index (χ1v) is 39.4. The Morgan fingerprint density at radius 1 is 0.333 bits per heavy atom. The molecule has 9 nitrogen and oxygen atoms in total. The van der Waals surface area contributed by atoms with Crippen LogP contribution in [0.4, 0.5) is 0 Å². The van der Waals surface area contributed by atoms with Gasteiger partial charge in [-0.1, -0.05) is 349 Å². The van der Waals surface area contributed by atoms with Gasteiger partial charge in [0, 0.05) is 12.8 Å². The van der Waals surface area contributed by atoms with Crippen LogP contribution in [0.5, 0.6) is 0 Å².